The van der Waals surface area contributed by atoms with Crippen molar-refractivity contribution in [3.8, 4) is 0 Å². The van der Waals surface area contributed by atoms with E-state index in [0.717, 1.165) is 6.42 Å². The minimum Gasteiger partial charge on any atom is -0.379 e. The van der Waals surface area contributed by atoms with E-state index in [2.05, 4.69) is 0 Å². The summed E-state index contributed by atoms with van der Waals surface area (Å²) in [5, 5.41) is 0. The highest BCUT2D eigenvalue weighted by atomic mass is 32.2. The molecule has 90 valence electrons. The van der Waals surface area contributed by atoms with Crippen molar-refractivity contribution in [2.75, 3.05) is 19.8 Å². The summed E-state index contributed by atoms with van der Waals surface area (Å²) in [5.41, 5.74) is 0. The van der Waals surface area contributed by atoms with Gasteiger partial charge < -0.3 is 4.74 Å². The van der Waals surface area contributed by atoms with Crippen LogP contribution in [0.4, 0.5) is 0 Å². The second-order valence-corrected chi connectivity index (χ2v) is 4.82. The lowest BCUT2D eigenvalue weighted by Crippen LogP contribution is -2.11. The summed E-state index contributed by atoms with van der Waals surface area (Å²) >= 11 is 0. The van der Waals surface area contributed by atoms with Gasteiger partial charge in [0.1, 0.15) is 0 Å². The standard InChI is InChI=1S/C11H16O4S/c1-2-8-14-9-10-15-16(12,13)11-6-4-3-5-7-11/h3-7H,2,8-10H2,1H3. The monoisotopic (exact) mass is 244 g/mol. The van der Waals surface area contributed by atoms with Gasteiger partial charge in [-0.3, -0.25) is 4.18 Å². The van der Waals surface area contributed by atoms with E-state index in [1.165, 1.54) is 12.1 Å². The Kier molecular flexibility index (Phi) is 5.45. The van der Waals surface area contributed by atoms with Crippen LogP contribution in [0.15, 0.2) is 35.2 Å². The zero-order chi connectivity index (χ0) is 11.9. The first kappa shape index (κ1) is 13.2. The lowest BCUT2D eigenvalue weighted by atomic mass is 10.4. The van der Waals surface area contributed by atoms with E-state index in [0.29, 0.717) is 13.2 Å². The van der Waals surface area contributed by atoms with E-state index in [1.807, 2.05) is 6.92 Å². The highest BCUT2D eigenvalue weighted by molar-refractivity contribution is 7.86. The lowest BCUT2D eigenvalue weighted by molar-refractivity contribution is 0.103. The average Bonchev–Trinajstić information content (AvgIpc) is 2.30. The lowest BCUT2D eigenvalue weighted by Gasteiger charge is -2.05. The van der Waals surface area contributed by atoms with Gasteiger partial charge >= 0.3 is 0 Å². The molecule has 0 aliphatic carbocycles. The second kappa shape index (κ2) is 6.62. The fourth-order valence-electron chi connectivity index (χ4n) is 1.10. The third-order valence-electron chi connectivity index (χ3n) is 1.85. The van der Waals surface area contributed by atoms with Crippen LogP contribution < -0.4 is 0 Å². The Morgan fingerprint density at radius 2 is 1.75 bits per heavy atom. The van der Waals surface area contributed by atoms with Crippen LogP contribution in [0.25, 0.3) is 0 Å². The molecule has 0 aromatic heterocycles. The molecule has 0 aliphatic heterocycles. The van der Waals surface area contributed by atoms with Gasteiger partial charge in [-0.2, -0.15) is 8.42 Å². The number of hydrogen-bond acceptors (Lipinski definition) is 4. The smallest absolute Gasteiger partial charge is 0.297 e. The molecule has 5 heteroatoms. The summed E-state index contributed by atoms with van der Waals surface area (Å²) in [7, 11) is -3.63. The Morgan fingerprint density at radius 3 is 2.38 bits per heavy atom. The quantitative estimate of drug-likeness (QED) is 0.542. The maximum atomic E-state index is 11.6. The Morgan fingerprint density at radius 1 is 1.06 bits per heavy atom. The van der Waals surface area contributed by atoms with Crippen molar-refractivity contribution in [3.05, 3.63) is 30.3 Å². The van der Waals surface area contributed by atoms with Crippen molar-refractivity contribution < 1.29 is 17.3 Å². The fraction of sp³-hybridized carbons (Fsp3) is 0.455. The van der Waals surface area contributed by atoms with Gasteiger partial charge in [0.2, 0.25) is 0 Å². The summed E-state index contributed by atoms with van der Waals surface area (Å²) in [6, 6.07) is 8.07. The Labute approximate surface area is 96.3 Å². The molecule has 4 nitrogen and oxygen atoms in total. The van der Waals surface area contributed by atoms with Gasteiger partial charge in [0.05, 0.1) is 18.1 Å². The molecule has 0 atom stereocenters. The first-order valence-corrected chi connectivity index (χ1v) is 6.60. The van der Waals surface area contributed by atoms with E-state index in [1.54, 1.807) is 18.2 Å². The normalized spacial score (nSPS) is 11.6. The van der Waals surface area contributed by atoms with Gasteiger partial charge in [-0.25, -0.2) is 0 Å². The topological polar surface area (TPSA) is 52.6 Å². The number of benzene rings is 1. The maximum absolute atomic E-state index is 11.6. The molecule has 0 fully saturated rings. The van der Waals surface area contributed by atoms with E-state index in [9.17, 15) is 8.42 Å². The first-order valence-electron chi connectivity index (χ1n) is 5.19. The van der Waals surface area contributed by atoms with Crippen molar-refractivity contribution in [1.82, 2.24) is 0 Å². The van der Waals surface area contributed by atoms with Gasteiger partial charge in [0.15, 0.2) is 0 Å². The molecule has 0 heterocycles. The number of ether oxygens (including phenoxy) is 1. The first-order chi connectivity index (χ1) is 7.67. The largest absolute Gasteiger partial charge is 0.379 e. The van der Waals surface area contributed by atoms with Gasteiger partial charge in [-0.1, -0.05) is 25.1 Å². The molecule has 0 amide bonds. The van der Waals surface area contributed by atoms with Crippen molar-refractivity contribution in [3.63, 3.8) is 0 Å². The van der Waals surface area contributed by atoms with Gasteiger partial charge in [-0.05, 0) is 18.6 Å². The predicted octanol–water partition coefficient (Wildman–Crippen LogP) is 1.82. The van der Waals surface area contributed by atoms with Gasteiger partial charge in [0.25, 0.3) is 10.1 Å². The minimum atomic E-state index is -3.63. The molecule has 0 saturated heterocycles. The van der Waals surface area contributed by atoms with Crippen LogP contribution in [0.3, 0.4) is 0 Å². The number of rotatable bonds is 7. The van der Waals surface area contributed by atoms with Gasteiger partial charge in [-0.15, -0.1) is 0 Å². The Balaban J connectivity index is 2.41. The van der Waals surface area contributed by atoms with E-state index in [-0.39, 0.29) is 11.5 Å². The molecule has 0 bridgehead atoms. The molecule has 0 aliphatic rings. The SMILES string of the molecule is CCCOCCOS(=O)(=O)c1ccccc1. The molecule has 16 heavy (non-hydrogen) atoms. The molecule has 0 spiro atoms. The second-order valence-electron chi connectivity index (χ2n) is 3.20. The van der Waals surface area contributed by atoms with E-state index < -0.39 is 10.1 Å². The zero-order valence-electron chi connectivity index (χ0n) is 9.26. The summed E-state index contributed by atoms with van der Waals surface area (Å²) in [6.07, 6.45) is 0.908. The van der Waals surface area contributed by atoms with Crippen LogP contribution in [0.2, 0.25) is 0 Å². The van der Waals surface area contributed by atoms with Crippen LogP contribution >= 0.6 is 0 Å². The fourth-order valence-corrected chi connectivity index (χ4v) is 2.02. The van der Waals surface area contributed by atoms with Crippen LogP contribution in [0, 0.1) is 0 Å². The van der Waals surface area contributed by atoms with Crippen molar-refractivity contribution in [1.29, 1.82) is 0 Å². The van der Waals surface area contributed by atoms with Crippen molar-refractivity contribution in [2.45, 2.75) is 18.2 Å². The van der Waals surface area contributed by atoms with Crippen LogP contribution in [0.5, 0.6) is 0 Å². The molecule has 1 aromatic carbocycles. The van der Waals surface area contributed by atoms with Gasteiger partial charge in [0, 0.05) is 6.61 Å². The molecular weight excluding hydrogens is 228 g/mol. The number of hydrogen-bond donors (Lipinski definition) is 0. The molecule has 0 saturated carbocycles. The Hall–Kier alpha value is -0.910. The van der Waals surface area contributed by atoms with Crippen molar-refractivity contribution >= 4 is 10.1 Å². The molecule has 1 rings (SSSR count). The van der Waals surface area contributed by atoms with E-state index >= 15 is 0 Å². The minimum absolute atomic E-state index is 0.0528. The summed E-state index contributed by atoms with van der Waals surface area (Å²) in [4.78, 5) is 0.172. The molecule has 0 unspecified atom stereocenters. The van der Waals surface area contributed by atoms with Crippen LogP contribution in [0.1, 0.15) is 13.3 Å². The highest BCUT2D eigenvalue weighted by Crippen LogP contribution is 2.10. The molecular formula is C11H16O4S. The zero-order valence-corrected chi connectivity index (χ0v) is 10.1. The maximum Gasteiger partial charge on any atom is 0.297 e. The highest BCUT2D eigenvalue weighted by Gasteiger charge is 2.13. The molecule has 0 N–H and O–H groups in total. The van der Waals surface area contributed by atoms with Crippen LogP contribution in [-0.2, 0) is 19.0 Å². The summed E-state index contributed by atoms with van der Waals surface area (Å²) in [5.74, 6) is 0. The van der Waals surface area contributed by atoms with E-state index in [4.69, 9.17) is 8.92 Å². The van der Waals surface area contributed by atoms with Crippen LogP contribution in [-0.4, -0.2) is 28.2 Å². The molecule has 1 aromatic rings. The average molecular weight is 244 g/mol. The third kappa shape index (κ3) is 4.30. The molecule has 0 radical (unpaired) electrons. The van der Waals surface area contributed by atoms with Crippen molar-refractivity contribution in [2.24, 2.45) is 0 Å². The summed E-state index contributed by atoms with van der Waals surface area (Å²) in [6.45, 7) is 2.95. The third-order valence-corrected chi connectivity index (χ3v) is 3.17. The summed E-state index contributed by atoms with van der Waals surface area (Å²) < 4.78 is 33.1. The predicted molar refractivity (Wildman–Crippen MR) is 60.7 cm³/mol. The Bertz CT molecular complexity index is 386.